The van der Waals surface area contributed by atoms with Gasteiger partial charge in [0.05, 0.1) is 0 Å². The predicted octanol–water partition coefficient (Wildman–Crippen LogP) is 1.80. The first-order valence-corrected chi connectivity index (χ1v) is 10.1. The van der Waals surface area contributed by atoms with Crippen LogP contribution < -0.4 is 4.72 Å². The molecule has 1 aromatic heterocycles. The predicted molar refractivity (Wildman–Crippen MR) is 96.0 cm³/mol. The number of sulfonamides is 1. The van der Waals surface area contributed by atoms with Gasteiger partial charge in [-0.25, -0.2) is 8.42 Å². The zero-order valence-electron chi connectivity index (χ0n) is 14.9. The molecule has 1 aliphatic rings. The highest BCUT2D eigenvalue weighted by molar-refractivity contribution is 7.89. The Balaban J connectivity index is 1.88. The van der Waals surface area contributed by atoms with E-state index in [1.165, 1.54) is 0 Å². The Hall–Kier alpha value is -2.19. The molecule has 2 aromatic rings. The lowest BCUT2D eigenvalue weighted by Gasteiger charge is -2.24. The van der Waals surface area contributed by atoms with Gasteiger partial charge in [0.1, 0.15) is 16.6 Å². The smallest absolute Gasteiger partial charge is 0.246 e. The summed E-state index contributed by atoms with van der Waals surface area (Å²) < 4.78 is 33.3. The van der Waals surface area contributed by atoms with Crippen LogP contribution in [0.1, 0.15) is 29.9 Å². The minimum atomic E-state index is -3.93. The largest absolute Gasteiger partial charge is 0.360 e. The van der Waals surface area contributed by atoms with Crippen molar-refractivity contribution in [1.29, 1.82) is 0 Å². The fourth-order valence-corrected chi connectivity index (χ4v) is 4.81. The second-order valence-electron chi connectivity index (χ2n) is 6.55. The maximum atomic E-state index is 12.9. The van der Waals surface area contributed by atoms with Crippen LogP contribution in [0.2, 0.25) is 0 Å². The van der Waals surface area contributed by atoms with Crippen molar-refractivity contribution in [3.63, 3.8) is 0 Å². The summed E-state index contributed by atoms with van der Waals surface area (Å²) in [6.45, 7) is 4.44. The van der Waals surface area contributed by atoms with Crippen molar-refractivity contribution in [1.82, 2.24) is 14.8 Å². The average molecular weight is 377 g/mol. The molecule has 3 rings (SSSR count). The van der Waals surface area contributed by atoms with Crippen LogP contribution in [0.4, 0.5) is 0 Å². The Labute approximate surface area is 153 Å². The number of benzene rings is 1. The van der Waals surface area contributed by atoms with Crippen LogP contribution in [0.3, 0.4) is 0 Å². The van der Waals surface area contributed by atoms with E-state index in [0.717, 1.165) is 18.4 Å². The normalized spacial score (nSPS) is 16.0. The summed E-state index contributed by atoms with van der Waals surface area (Å²) in [5.41, 5.74) is 1.17. The van der Waals surface area contributed by atoms with E-state index < -0.39 is 16.1 Å². The maximum Gasteiger partial charge on any atom is 0.246 e. The van der Waals surface area contributed by atoms with Crippen molar-refractivity contribution in [3.05, 3.63) is 47.3 Å². The van der Waals surface area contributed by atoms with Crippen LogP contribution in [-0.4, -0.2) is 43.5 Å². The molecular weight excluding hydrogens is 354 g/mol. The van der Waals surface area contributed by atoms with Crippen LogP contribution in [0.15, 0.2) is 39.8 Å². The molecule has 2 heterocycles. The fraction of sp³-hybridized carbons (Fsp3) is 0.444. The number of aryl methyl sites for hydroxylation is 2. The third-order valence-corrected chi connectivity index (χ3v) is 6.25. The van der Waals surface area contributed by atoms with Gasteiger partial charge in [-0.3, -0.25) is 4.79 Å². The van der Waals surface area contributed by atoms with Gasteiger partial charge in [0, 0.05) is 13.1 Å². The van der Waals surface area contributed by atoms with Crippen molar-refractivity contribution in [3.8, 4) is 0 Å². The Kier molecular flexibility index (Phi) is 5.43. The third-order valence-electron chi connectivity index (χ3n) is 4.53. The monoisotopic (exact) mass is 377 g/mol. The molecule has 8 heteroatoms. The van der Waals surface area contributed by atoms with Gasteiger partial charge < -0.3 is 9.42 Å². The second kappa shape index (κ2) is 7.59. The van der Waals surface area contributed by atoms with Gasteiger partial charge in [-0.15, -0.1) is 0 Å². The first kappa shape index (κ1) is 18.6. The van der Waals surface area contributed by atoms with Crippen LogP contribution in [0, 0.1) is 13.8 Å². The van der Waals surface area contributed by atoms with Gasteiger partial charge in [-0.1, -0.05) is 35.5 Å². The highest BCUT2D eigenvalue weighted by Gasteiger charge is 2.33. The number of carbonyl (C=O) groups excluding carboxylic acids is 1. The molecule has 1 aliphatic heterocycles. The van der Waals surface area contributed by atoms with Crippen molar-refractivity contribution in [2.24, 2.45) is 0 Å². The van der Waals surface area contributed by atoms with Crippen LogP contribution in [-0.2, 0) is 21.2 Å². The van der Waals surface area contributed by atoms with Crippen LogP contribution >= 0.6 is 0 Å². The Bertz CT molecular complexity index is 852. The zero-order valence-corrected chi connectivity index (χ0v) is 15.8. The van der Waals surface area contributed by atoms with E-state index in [4.69, 9.17) is 4.52 Å². The molecule has 26 heavy (non-hydrogen) atoms. The van der Waals surface area contributed by atoms with Gasteiger partial charge in [0.25, 0.3) is 0 Å². The van der Waals surface area contributed by atoms with Gasteiger partial charge >= 0.3 is 0 Å². The summed E-state index contributed by atoms with van der Waals surface area (Å²) in [5.74, 6) is 0.0174. The van der Waals surface area contributed by atoms with Gasteiger partial charge in [-0.05, 0) is 38.7 Å². The first-order chi connectivity index (χ1) is 12.4. The first-order valence-electron chi connectivity index (χ1n) is 8.66. The minimum Gasteiger partial charge on any atom is -0.360 e. The number of aromatic nitrogens is 1. The Morgan fingerprint density at radius 3 is 2.46 bits per heavy atom. The van der Waals surface area contributed by atoms with Crippen LogP contribution in [0.25, 0.3) is 0 Å². The van der Waals surface area contributed by atoms with E-state index in [0.29, 0.717) is 19.5 Å². The standard InChI is InChI=1S/C18H23N3O4S/c1-13-17(14(2)25-19-13)26(23,24)20-16(12-15-8-4-3-5-9-15)18(22)21-10-6-7-11-21/h3-5,8-9,16,20H,6-7,10-12H2,1-2H3/t16-/m0/s1. The molecule has 0 aliphatic carbocycles. The van der Waals surface area contributed by atoms with Crippen molar-refractivity contribution >= 4 is 15.9 Å². The van der Waals surface area contributed by atoms with Gasteiger partial charge in [-0.2, -0.15) is 4.72 Å². The quantitative estimate of drug-likeness (QED) is 0.829. The molecule has 1 fully saturated rings. The molecule has 0 unspecified atom stereocenters. The fourth-order valence-electron chi connectivity index (χ4n) is 3.29. The van der Waals surface area contributed by atoms with Crippen LogP contribution in [0.5, 0.6) is 0 Å². The van der Waals surface area contributed by atoms with E-state index in [1.807, 2.05) is 30.3 Å². The molecule has 7 nitrogen and oxygen atoms in total. The van der Waals surface area contributed by atoms with E-state index in [1.54, 1.807) is 18.7 Å². The lowest BCUT2D eigenvalue weighted by Crippen LogP contribution is -2.49. The zero-order chi connectivity index (χ0) is 18.7. The summed E-state index contributed by atoms with van der Waals surface area (Å²) in [4.78, 5) is 14.7. The molecule has 0 spiro atoms. The molecule has 140 valence electrons. The number of carbonyl (C=O) groups is 1. The molecule has 0 bridgehead atoms. The van der Waals surface area contributed by atoms with E-state index >= 15 is 0 Å². The molecule has 0 radical (unpaired) electrons. The number of hydrogen-bond donors (Lipinski definition) is 1. The summed E-state index contributed by atoms with van der Waals surface area (Å²) in [5, 5.41) is 3.71. The number of likely N-dealkylation sites (tertiary alicyclic amines) is 1. The number of rotatable bonds is 6. The lowest BCUT2D eigenvalue weighted by atomic mass is 10.1. The van der Waals surface area contributed by atoms with Crippen molar-refractivity contribution in [2.75, 3.05) is 13.1 Å². The van der Waals surface area contributed by atoms with Crippen molar-refractivity contribution in [2.45, 2.75) is 44.0 Å². The topological polar surface area (TPSA) is 92.5 Å². The highest BCUT2D eigenvalue weighted by atomic mass is 32.2. The third kappa shape index (κ3) is 3.96. The Morgan fingerprint density at radius 1 is 1.23 bits per heavy atom. The number of hydrogen-bond acceptors (Lipinski definition) is 5. The maximum absolute atomic E-state index is 12.9. The lowest BCUT2D eigenvalue weighted by molar-refractivity contribution is -0.131. The van der Waals surface area contributed by atoms with Crippen molar-refractivity contribution < 1.29 is 17.7 Å². The molecular formula is C18H23N3O4S. The SMILES string of the molecule is Cc1noc(C)c1S(=O)(=O)N[C@@H](Cc1ccccc1)C(=O)N1CCCC1. The number of nitrogens with one attached hydrogen (secondary N) is 1. The number of amides is 1. The van der Waals surface area contributed by atoms with E-state index in [2.05, 4.69) is 9.88 Å². The Morgan fingerprint density at radius 2 is 1.88 bits per heavy atom. The minimum absolute atomic E-state index is 0.00443. The highest BCUT2D eigenvalue weighted by Crippen LogP contribution is 2.20. The molecule has 1 atom stereocenters. The molecule has 1 aromatic carbocycles. The average Bonchev–Trinajstić information content (AvgIpc) is 3.24. The number of nitrogens with zero attached hydrogens (tertiary/aromatic N) is 2. The summed E-state index contributed by atoms with van der Waals surface area (Å²) in [6.07, 6.45) is 2.18. The summed E-state index contributed by atoms with van der Waals surface area (Å²) in [6, 6.07) is 8.53. The molecule has 1 saturated heterocycles. The molecule has 1 amide bonds. The van der Waals surface area contributed by atoms with E-state index in [-0.39, 0.29) is 22.3 Å². The van der Waals surface area contributed by atoms with E-state index in [9.17, 15) is 13.2 Å². The molecule has 1 N–H and O–H groups in total. The van der Waals surface area contributed by atoms with Gasteiger partial charge in [0.15, 0.2) is 5.76 Å². The van der Waals surface area contributed by atoms with Gasteiger partial charge in [0.2, 0.25) is 15.9 Å². The summed E-state index contributed by atoms with van der Waals surface area (Å²) in [7, 11) is -3.93. The second-order valence-corrected chi connectivity index (χ2v) is 8.20. The molecule has 0 saturated carbocycles. The summed E-state index contributed by atoms with van der Waals surface area (Å²) >= 11 is 0.